The molecule has 1 aliphatic heterocycles. The van der Waals surface area contributed by atoms with E-state index in [1.807, 2.05) is 0 Å². The molecular weight excluding hydrogens is 242 g/mol. The number of thiocarbonyl (C=S) groups is 1. The summed E-state index contributed by atoms with van der Waals surface area (Å²) in [7, 11) is 0. The van der Waals surface area contributed by atoms with Crippen LogP contribution in [0.25, 0.3) is 0 Å². The van der Waals surface area contributed by atoms with Gasteiger partial charge in [-0.05, 0) is 25.3 Å². The van der Waals surface area contributed by atoms with E-state index in [-0.39, 0.29) is 0 Å². The first-order valence-electron chi connectivity index (χ1n) is 7.30. The maximum absolute atomic E-state index is 5.86. The highest BCUT2D eigenvalue weighted by Gasteiger charge is 2.24. The van der Waals surface area contributed by atoms with Crippen LogP contribution in [0.1, 0.15) is 40.0 Å². The van der Waals surface area contributed by atoms with Gasteiger partial charge in [0.15, 0.2) is 0 Å². The minimum Gasteiger partial charge on any atom is -0.392 e. The fourth-order valence-corrected chi connectivity index (χ4v) is 2.78. The molecule has 1 unspecified atom stereocenters. The molecule has 4 heteroatoms. The van der Waals surface area contributed by atoms with Crippen LogP contribution in [0.3, 0.4) is 0 Å². The SMILES string of the molecule is CCCC(C(N)=S)N1CCN(CCC(C)C)CC1. The van der Waals surface area contributed by atoms with Crippen molar-refractivity contribution < 1.29 is 0 Å². The van der Waals surface area contributed by atoms with Crippen molar-refractivity contribution >= 4 is 17.2 Å². The zero-order valence-electron chi connectivity index (χ0n) is 12.2. The van der Waals surface area contributed by atoms with Crippen molar-refractivity contribution in [3.05, 3.63) is 0 Å². The maximum Gasteiger partial charge on any atom is 0.0902 e. The molecule has 0 bridgehead atoms. The monoisotopic (exact) mass is 271 g/mol. The van der Waals surface area contributed by atoms with Crippen LogP contribution in [-0.2, 0) is 0 Å². The van der Waals surface area contributed by atoms with Gasteiger partial charge in [0.25, 0.3) is 0 Å². The molecule has 1 saturated heterocycles. The third kappa shape index (κ3) is 5.21. The Hall–Kier alpha value is -0.190. The van der Waals surface area contributed by atoms with Crippen molar-refractivity contribution in [1.82, 2.24) is 9.80 Å². The van der Waals surface area contributed by atoms with E-state index in [1.54, 1.807) is 0 Å². The summed E-state index contributed by atoms with van der Waals surface area (Å²) in [5, 5.41) is 0. The number of rotatable bonds is 7. The molecule has 1 fully saturated rings. The van der Waals surface area contributed by atoms with Crippen LogP contribution < -0.4 is 5.73 Å². The first-order chi connectivity index (χ1) is 8.54. The second-order valence-electron chi connectivity index (χ2n) is 5.77. The van der Waals surface area contributed by atoms with E-state index >= 15 is 0 Å². The smallest absolute Gasteiger partial charge is 0.0902 e. The molecule has 0 aliphatic carbocycles. The Morgan fingerprint density at radius 1 is 1.17 bits per heavy atom. The summed E-state index contributed by atoms with van der Waals surface area (Å²) in [5.74, 6) is 0.799. The first-order valence-corrected chi connectivity index (χ1v) is 7.71. The molecule has 18 heavy (non-hydrogen) atoms. The summed E-state index contributed by atoms with van der Waals surface area (Å²) >= 11 is 5.20. The minimum absolute atomic E-state index is 0.317. The Kier molecular flexibility index (Phi) is 7.12. The molecular formula is C14H29N3S. The van der Waals surface area contributed by atoms with Crippen LogP contribution in [-0.4, -0.2) is 53.6 Å². The van der Waals surface area contributed by atoms with Gasteiger partial charge in [0.05, 0.1) is 11.0 Å². The van der Waals surface area contributed by atoms with Crippen LogP contribution >= 0.6 is 12.2 Å². The third-order valence-electron chi connectivity index (χ3n) is 3.76. The number of nitrogens with zero attached hydrogens (tertiary/aromatic N) is 2. The highest BCUT2D eigenvalue weighted by molar-refractivity contribution is 7.80. The Bertz CT molecular complexity index is 247. The summed E-state index contributed by atoms with van der Waals surface area (Å²) in [5.41, 5.74) is 5.86. The van der Waals surface area contributed by atoms with Crippen LogP contribution in [0.2, 0.25) is 0 Å². The van der Waals surface area contributed by atoms with Crippen molar-refractivity contribution in [2.45, 2.75) is 46.1 Å². The number of nitrogens with two attached hydrogens (primary N) is 1. The van der Waals surface area contributed by atoms with Gasteiger partial charge in [0.1, 0.15) is 0 Å². The lowest BCUT2D eigenvalue weighted by Gasteiger charge is -2.39. The van der Waals surface area contributed by atoms with E-state index in [0.717, 1.165) is 44.9 Å². The molecule has 0 aromatic rings. The summed E-state index contributed by atoms with van der Waals surface area (Å²) in [4.78, 5) is 5.71. The zero-order chi connectivity index (χ0) is 13.5. The van der Waals surface area contributed by atoms with Gasteiger partial charge in [0, 0.05) is 26.2 Å². The predicted molar refractivity (Wildman–Crippen MR) is 82.9 cm³/mol. The highest BCUT2D eigenvalue weighted by atomic mass is 32.1. The second-order valence-corrected chi connectivity index (χ2v) is 6.24. The van der Waals surface area contributed by atoms with Crippen LogP contribution in [0.15, 0.2) is 0 Å². The lowest BCUT2D eigenvalue weighted by atomic mass is 10.1. The lowest BCUT2D eigenvalue weighted by Crippen LogP contribution is -2.53. The molecule has 1 aliphatic rings. The standard InChI is InChI=1S/C14H29N3S/c1-4-5-13(14(15)18)17-10-8-16(9-11-17)7-6-12(2)3/h12-13H,4-11H2,1-3H3,(H2,15,18). The van der Waals surface area contributed by atoms with Crippen LogP contribution in [0.4, 0.5) is 0 Å². The molecule has 1 atom stereocenters. The molecule has 106 valence electrons. The van der Waals surface area contributed by atoms with Gasteiger partial charge >= 0.3 is 0 Å². The molecule has 1 rings (SSSR count). The molecule has 0 aromatic carbocycles. The van der Waals surface area contributed by atoms with Crippen molar-refractivity contribution in [3.63, 3.8) is 0 Å². The summed E-state index contributed by atoms with van der Waals surface area (Å²) in [6.07, 6.45) is 3.55. The van der Waals surface area contributed by atoms with Crippen molar-refractivity contribution in [2.24, 2.45) is 11.7 Å². The summed E-state index contributed by atoms with van der Waals surface area (Å²) in [6, 6.07) is 0.317. The summed E-state index contributed by atoms with van der Waals surface area (Å²) < 4.78 is 0. The normalized spacial score (nSPS) is 20.2. The average Bonchev–Trinajstić information content (AvgIpc) is 2.34. The van der Waals surface area contributed by atoms with Crippen LogP contribution in [0, 0.1) is 5.92 Å². The molecule has 0 aromatic heterocycles. The number of piperazine rings is 1. The van der Waals surface area contributed by atoms with Crippen LogP contribution in [0.5, 0.6) is 0 Å². The van der Waals surface area contributed by atoms with E-state index in [1.165, 1.54) is 13.0 Å². The second kappa shape index (κ2) is 8.08. The zero-order valence-corrected chi connectivity index (χ0v) is 13.0. The van der Waals surface area contributed by atoms with Crippen molar-refractivity contribution in [1.29, 1.82) is 0 Å². The molecule has 0 radical (unpaired) electrons. The highest BCUT2D eigenvalue weighted by Crippen LogP contribution is 2.12. The lowest BCUT2D eigenvalue weighted by molar-refractivity contribution is 0.111. The fraction of sp³-hybridized carbons (Fsp3) is 0.929. The first kappa shape index (κ1) is 15.9. The molecule has 2 N–H and O–H groups in total. The van der Waals surface area contributed by atoms with Gasteiger partial charge in [-0.15, -0.1) is 0 Å². The molecule has 0 spiro atoms. The molecule has 0 saturated carbocycles. The Morgan fingerprint density at radius 2 is 1.78 bits per heavy atom. The fourth-order valence-electron chi connectivity index (χ4n) is 2.52. The van der Waals surface area contributed by atoms with Gasteiger partial charge in [-0.2, -0.15) is 0 Å². The van der Waals surface area contributed by atoms with Gasteiger partial charge in [-0.25, -0.2) is 0 Å². The van der Waals surface area contributed by atoms with Gasteiger partial charge in [-0.1, -0.05) is 39.4 Å². The minimum atomic E-state index is 0.317. The number of hydrogen-bond donors (Lipinski definition) is 1. The van der Waals surface area contributed by atoms with Gasteiger partial charge in [-0.3, -0.25) is 4.90 Å². The molecule has 1 heterocycles. The van der Waals surface area contributed by atoms with E-state index in [0.29, 0.717) is 11.0 Å². The summed E-state index contributed by atoms with van der Waals surface area (Å²) in [6.45, 7) is 12.6. The maximum atomic E-state index is 5.86. The molecule has 3 nitrogen and oxygen atoms in total. The van der Waals surface area contributed by atoms with Crippen molar-refractivity contribution in [3.8, 4) is 0 Å². The largest absolute Gasteiger partial charge is 0.392 e. The number of hydrogen-bond acceptors (Lipinski definition) is 3. The quantitative estimate of drug-likeness (QED) is 0.719. The third-order valence-corrected chi connectivity index (χ3v) is 4.03. The topological polar surface area (TPSA) is 32.5 Å². The van der Waals surface area contributed by atoms with E-state index < -0.39 is 0 Å². The van der Waals surface area contributed by atoms with Gasteiger partial charge < -0.3 is 10.6 Å². The van der Waals surface area contributed by atoms with E-state index in [2.05, 4.69) is 30.6 Å². The molecule has 0 amide bonds. The van der Waals surface area contributed by atoms with E-state index in [9.17, 15) is 0 Å². The van der Waals surface area contributed by atoms with E-state index in [4.69, 9.17) is 18.0 Å². The predicted octanol–water partition coefficient (Wildman–Crippen LogP) is 2.10. The Labute approximate surface area is 118 Å². The Morgan fingerprint density at radius 3 is 2.22 bits per heavy atom. The van der Waals surface area contributed by atoms with Gasteiger partial charge in [0.2, 0.25) is 0 Å². The Balaban J connectivity index is 2.35. The average molecular weight is 271 g/mol. The van der Waals surface area contributed by atoms with Crippen molar-refractivity contribution in [2.75, 3.05) is 32.7 Å².